The van der Waals surface area contributed by atoms with Crippen molar-refractivity contribution in [1.29, 1.82) is 0 Å². The van der Waals surface area contributed by atoms with Crippen molar-refractivity contribution in [1.82, 2.24) is 0 Å². The Morgan fingerprint density at radius 2 is 1.09 bits per heavy atom. The monoisotopic (exact) mass is 488 g/mol. The SMILES string of the molecule is CCCC=CCCCCCCCCCCCCCCCCCOP(=O)(O)C(CC)[N+](C)(C)C. The molecule has 0 aliphatic carbocycles. The van der Waals surface area contributed by atoms with Gasteiger partial charge in [-0.25, -0.2) is 0 Å². The molecule has 0 saturated heterocycles. The third-order valence-corrected chi connectivity index (χ3v) is 8.91. The van der Waals surface area contributed by atoms with Crippen molar-refractivity contribution in [3.05, 3.63) is 12.2 Å². The minimum absolute atomic E-state index is 0.347. The van der Waals surface area contributed by atoms with Gasteiger partial charge in [-0.3, -0.25) is 4.57 Å². The Bertz CT molecular complexity index is 502. The van der Waals surface area contributed by atoms with E-state index in [4.69, 9.17) is 4.52 Å². The maximum absolute atomic E-state index is 12.5. The summed E-state index contributed by atoms with van der Waals surface area (Å²) >= 11 is 0. The molecular formula is C28H59NO3P+. The van der Waals surface area contributed by atoms with Gasteiger partial charge in [-0.2, -0.15) is 0 Å². The highest BCUT2D eigenvalue weighted by atomic mass is 31.2. The van der Waals surface area contributed by atoms with E-state index in [1.165, 1.54) is 103 Å². The second kappa shape index (κ2) is 21.2. The molecule has 0 aromatic heterocycles. The van der Waals surface area contributed by atoms with Crippen LogP contribution in [0.2, 0.25) is 0 Å². The second-order valence-corrected chi connectivity index (χ2v) is 12.7. The Kier molecular flexibility index (Phi) is 21.1. The lowest BCUT2D eigenvalue weighted by Crippen LogP contribution is -2.44. The second-order valence-electron chi connectivity index (χ2n) is 10.8. The van der Waals surface area contributed by atoms with Gasteiger partial charge in [-0.05, 0) is 25.7 Å². The topological polar surface area (TPSA) is 46.5 Å². The van der Waals surface area contributed by atoms with Crippen LogP contribution in [0.4, 0.5) is 0 Å². The van der Waals surface area contributed by atoms with Gasteiger partial charge in [0.05, 0.1) is 27.7 Å². The number of unbranched alkanes of at least 4 members (excludes halogenated alkanes) is 16. The average Bonchev–Trinajstić information content (AvgIpc) is 2.74. The van der Waals surface area contributed by atoms with Gasteiger partial charge in [0.15, 0.2) is 5.78 Å². The molecule has 4 nitrogen and oxygen atoms in total. The summed E-state index contributed by atoms with van der Waals surface area (Å²) in [5.41, 5.74) is 0. The van der Waals surface area contributed by atoms with E-state index in [9.17, 15) is 9.46 Å². The van der Waals surface area contributed by atoms with E-state index in [0.717, 1.165) is 12.8 Å². The zero-order chi connectivity index (χ0) is 24.8. The molecule has 0 amide bonds. The Morgan fingerprint density at radius 3 is 1.48 bits per heavy atom. The highest BCUT2D eigenvalue weighted by molar-refractivity contribution is 7.53. The minimum atomic E-state index is -3.55. The number of allylic oxidation sites excluding steroid dienone is 2. The molecule has 0 rings (SSSR count). The van der Waals surface area contributed by atoms with Crippen LogP contribution in [0, 0.1) is 0 Å². The lowest BCUT2D eigenvalue weighted by Gasteiger charge is -2.35. The predicted octanol–water partition coefficient (Wildman–Crippen LogP) is 9.23. The molecular weight excluding hydrogens is 429 g/mol. The standard InChI is InChI=1S/C28H58NO3P/c1-6-8-9-10-11-12-13-14-15-16-17-18-19-20-21-22-23-24-25-26-27-32-33(30,31)28(7-2)29(3,4)5/h9-10,28H,6-8,11-27H2,1-5H3/p+1. The van der Waals surface area contributed by atoms with E-state index < -0.39 is 7.60 Å². The van der Waals surface area contributed by atoms with Crippen LogP contribution in [0.3, 0.4) is 0 Å². The number of rotatable bonds is 24. The van der Waals surface area contributed by atoms with Gasteiger partial charge in [0.2, 0.25) is 0 Å². The van der Waals surface area contributed by atoms with Crippen LogP contribution < -0.4 is 0 Å². The summed E-state index contributed by atoms with van der Waals surface area (Å²) in [6, 6.07) is 0. The number of quaternary nitrogens is 1. The molecule has 0 fully saturated rings. The summed E-state index contributed by atoms with van der Waals surface area (Å²) in [5, 5.41) is 0. The van der Waals surface area contributed by atoms with E-state index in [2.05, 4.69) is 19.1 Å². The van der Waals surface area contributed by atoms with E-state index in [-0.39, 0.29) is 5.78 Å². The van der Waals surface area contributed by atoms with Crippen molar-refractivity contribution in [2.45, 2.75) is 142 Å². The number of hydrogen-bond acceptors (Lipinski definition) is 2. The van der Waals surface area contributed by atoms with Crippen LogP contribution in [0.5, 0.6) is 0 Å². The zero-order valence-corrected chi connectivity index (χ0v) is 23.9. The van der Waals surface area contributed by atoms with Gasteiger partial charge in [-0.1, -0.05) is 116 Å². The molecule has 0 aromatic rings. The molecule has 2 unspecified atom stereocenters. The molecule has 0 heterocycles. The predicted molar refractivity (Wildman–Crippen MR) is 146 cm³/mol. The Morgan fingerprint density at radius 1 is 0.697 bits per heavy atom. The van der Waals surface area contributed by atoms with Crippen LogP contribution in [0.25, 0.3) is 0 Å². The third-order valence-electron chi connectivity index (χ3n) is 6.55. The number of hydrogen-bond donors (Lipinski definition) is 1. The summed E-state index contributed by atoms with van der Waals surface area (Å²) in [7, 11) is 2.32. The summed E-state index contributed by atoms with van der Waals surface area (Å²) in [5.74, 6) is -0.347. The normalized spacial score (nSPS) is 15.2. The third kappa shape index (κ3) is 19.8. The fourth-order valence-electron chi connectivity index (χ4n) is 4.56. The van der Waals surface area contributed by atoms with Crippen LogP contribution in [0.1, 0.15) is 136 Å². The zero-order valence-electron chi connectivity index (χ0n) is 23.0. The lowest BCUT2D eigenvalue weighted by atomic mass is 10.0. The maximum Gasteiger partial charge on any atom is 0.385 e. The largest absolute Gasteiger partial charge is 0.385 e. The van der Waals surface area contributed by atoms with Crippen molar-refractivity contribution in [2.24, 2.45) is 0 Å². The summed E-state index contributed by atoms with van der Waals surface area (Å²) in [4.78, 5) is 10.3. The van der Waals surface area contributed by atoms with Crippen LogP contribution in [-0.2, 0) is 9.09 Å². The summed E-state index contributed by atoms with van der Waals surface area (Å²) in [6.07, 6.45) is 28.9. The first-order valence-electron chi connectivity index (χ1n) is 14.2. The molecule has 0 radical (unpaired) electrons. The van der Waals surface area contributed by atoms with Crippen LogP contribution in [0.15, 0.2) is 12.2 Å². The first kappa shape index (κ1) is 32.8. The van der Waals surface area contributed by atoms with Crippen molar-refractivity contribution in [3.63, 3.8) is 0 Å². The molecule has 33 heavy (non-hydrogen) atoms. The molecule has 5 heteroatoms. The molecule has 198 valence electrons. The van der Waals surface area contributed by atoms with Crippen molar-refractivity contribution in [3.8, 4) is 0 Å². The van der Waals surface area contributed by atoms with Gasteiger partial charge in [0.25, 0.3) is 0 Å². The molecule has 0 bridgehead atoms. The Hall–Kier alpha value is -0.150. The van der Waals surface area contributed by atoms with Crippen molar-refractivity contribution in [2.75, 3.05) is 27.7 Å². The highest BCUT2D eigenvalue weighted by Gasteiger charge is 2.41. The molecule has 2 atom stereocenters. The van der Waals surface area contributed by atoms with E-state index >= 15 is 0 Å². The van der Waals surface area contributed by atoms with E-state index in [0.29, 0.717) is 17.5 Å². The summed E-state index contributed by atoms with van der Waals surface area (Å²) < 4.78 is 18.4. The van der Waals surface area contributed by atoms with Crippen molar-refractivity contribution < 1.29 is 18.5 Å². The highest BCUT2D eigenvalue weighted by Crippen LogP contribution is 2.51. The summed E-state index contributed by atoms with van der Waals surface area (Å²) in [6.45, 7) is 4.59. The van der Waals surface area contributed by atoms with E-state index in [1.807, 2.05) is 28.1 Å². The molecule has 0 saturated carbocycles. The lowest BCUT2D eigenvalue weighted by molar-refractivity contribution is -0.883. The first-order valence-corrected chi connectivity index (χ1v) is 15.8. The van der Waals surface area contributed by atoms with Gasteiger partial charge in [0.1, 0.15) is 0 Å². The van der Waals surface area contributed by atoms with Gasteiger partial charge in [-0.15, -0.1) is 0 Å². The quantitative estimate of drug-likeness (QED) is 0.0637. The number of nitrogens with zero attached hydrogens (tertiary/aromatic N) is 1. The van der Waals surface area contributed by atoms with Crippen LogP contribution in [-0.4, -0.2) is 42.9 Å². The van der Waals surface area contributed by atoms with Gasteiger partial charge >= 0.3 is 7.60 Å². The molecule has 0 aliphatic heterocycles. The Labute approximate surface area is 207 Å². The minimum Gasteiger partial charge on any atom is -0.320 e. The fraction of sp³-hybridized carbons (Fsp3) is 0.929. The molecule has 0 spiro atoms. The van der Waals surface area contributed by atoms with E-state index in [1.54, 1.807) is 0 Å². The van der Waals surface area contributed by atoms with Gasteiger partial charge < -0.3 is 13.9 Å². The van der Waals surface area contributed by atoms with Crippen LogP contribution >= 0.6 is 7.60 Å². The van der Waals surface area contributed by atoms with Gasteiger partial charge in [0, 0.05) is 6.42 Å². The fourth-order valence-corrected chi connectivity index (χ4v) is 6.46. The first-order chi connectivity index (χ1) is 15.8. The Balaban J connectivity index is 3.38. The smallest absolute Gasteiger partial charge is 0.320 e. The molecule has 0 aliphatic rings. The maximum atomic E-state index is 12.5. The average molecular weight is 489 g/mol. The molecule has 0 aromatic carbocycles. The molecule has 1 N–H and O–H groups in total. The van der Waals surface area contributed by atoms with Crippen molar-refractivity contribution >= 4 is 7.60 Å².